The van der Waals surface area contributed by atoms with E-state index in [0.29, 0.717) is 12.5 Å². The van der Waals surface area contributed by atoms with Gasteiger partial charge in [0.05, 0.1) is 6.61 Å². The molecule has 1 unspecified atom stereocenters. The molecule has 0 aromatic rings. The molecule has 1 amide bonds. The van der Waals surface area contributed by atoms with Crippen LogP contribution in [0.3, 0.4) is 0 Å². The third-order valence-corrected chi connectivity index (χ3v) is 3.03. The van der Waals surface area contributed by atoms with E-state index in [1.807, 2.05) is 27.7 Å². The van der Waals surface area contributed by atoms with Gasteiger partial charge in [0.25, 0.3) is 5.91 Å². The molecule has 0 fully saturated rings. The first-order valence-corrected chi connectivity index (χ1v) is 7.11. The van der Waals surface area contributed by atoms with E-state index < -0.39 is 12.0 Å². The molecule has 5 nitrogen and oxygen atoms in total. The molecule has 1 atom stereocenters. The fourth-order valence-corrected chi connectivity index (χ4v) is 2.05. The second-order valence-corrected chi connectivity index (χ2v) is 5.08. The number of esters is 1. The summed E-state index contributed by atoms with van der Waals surface area (Å²) in [6, 6.07) is -1.09. The summed E-state index contributed by atoms with van der Waals surface area (Å²) in [4.78, 5) is 25.7. The Labute approximate surface area is 116 Å². The summed E-state index contributed by atoms with van der Waals surface area (Å²) >= 11 is 0. The molecule has 0 saturated heterocycles. The molecule has 0 radical (unpaired) electrons. The Kier molecular flexibility index (Phi) is 8.39. The van der Waals surface area contributed by atoms with E-state index in [0.717, 1.165) is 12.8 Å². The average molecular weight is 272 g/mol. The molecular weight excluding hydrogens is 244 g/mol. The highest BCUT2D eigenvalue weighted by Crippen LogP contribution is 2.13. The van der Waals surface area contributed by atoms with Gasteiger partial charge in [0.15, 0.2) is 6.04 Å². The molecule has 19 heavy (non-hydrogen) atoms. The summed E-state index contributed by atoms with van der Waals surface area (Å²) in [7, 11) is 0. The van der Waals surface area contributed by atoms with Gasteiger partial charge in [-0.25, -0.2) is 4.79 Å². The van der Waals surface area contributed by atoms with Crippen molar-refractivity contribution in [1.82, 2.24) is 4.90 Å². The number of hydrogen-bond donors (Lipinski definition) is 1. The Hall–Kier alpha value is -1.10. The van der Waals surface area contributed by atoms with Crippen molar-refractivity contribution in [3.8, 4) is 0 Å². The molecule has 0 bridgehead atoms. The third kappa shape index (κ3) is 5.59. The van der Waals surface area contributed by atoms with E-state index in [9.17, 15) is 9.59 Å². The summed E-state index contributed by atoms with van der Waals surface area (Å²) in [6.45, 7) is 10.7. The zero-order valence-electron chi connectivity index (χ0n) is 12.8. The van der Waals surface area contributed by atoms with Gasteiger partial charge < -0.3 is 15.4 Å². The fraction of sp³-hybridized carbons (Fsp3) is 0.857. The van der Waals surface area contributed by atoms with E-state index >= 15 is 0 Å². The van der Waals surface area contributed by atoms with E-state index in [4.69, 9.17) is 10.5 Å². The smallest absolute Gasteiger partial charge is 0.332 e. The molecular formula is C14H28N2O3. The summed E-state index contributed by atoms with van der Waals surface area (Å²) in [6.07, 6.45) is 1.70. The van der Waals surface area contributed by atoms with Crippen LogP contribution in [0.15, 0.2) is 0 Å². The highest BCUT2D eigenvalue weighted by Gasteiger charge is 2.31. The molecule has 0 aromatic heterocycles. The van der Waals surface area contributed by atoms with Crippen molar-refractivity contribution in [1.29, 1.82) is 0 Å². The molecule has 0 aromatic carbocycles. The van der Waals surface area contributed by atoms with Gasteiger partial charge in [-0.05, 0) is 25.7 Å². The van der Waals surface area contributed by atoms with Crippen molar-refractivity contribution in [2.24, 2.45) is 11.7 Å². The second-order valence-electron chi connectivity index (χ2n) is 5.08. The van der Waals surface area contributed by atoms with E-state index in [-0.39, 0.29) is 18.6 Å². The number of hydrogen-bond acceptors (Lipinski definition) is 4. The summed E-state index contributed by atoms with van der Waals surface area (Å²) in [5.74, 6) is -0.646. The van der Waals surface area contributed by atoms with Crippen molar-refractivity contribution in [2.75, 3.05) is 13.2 Å². The average Bonchev–Trinajstić information content (AvgIpc) is 2.37. The number of nitrogens with two attached hydrogens (primary N) is 1. The molecule has 0 spiro atoms. The maximum absolute atomic E-state index is 12.4. The first-order valence-electron chi connectivity index (χ1n) is 7.11. The van der Waals surface area contributed by atoms with Crippen molar-refractivity contribution in [3.05, 3.63) is 0 Å². The molecule has 0 aliphatic carbocycles. The first-order chi connectivity index (χ1) is 8.88. The SMILES string of the molecule is CCOC(=O)C(N)C(=O)N(CC(C)C)C(CC)CC. The number of ether oxygens (including phenoxy) is 1. The molecule has 0 rings (SSSR count). The Bertz CT molecular complexity index is 288. The molecule has 0 aliphatic rings. The molecule has 5 heteroatoms. The zero-order chi connectivity index (χ0) is 15.0. The summed E-state index contributed by atoms with van der Waals surface area (Å²) in [5, 5.41) is 0. The molecule has 2 N–H and O–H groups in total. The van der Waals surface area contributed by atoms with Gasteiger partial charge in [0, 0.05) is 12.6 Å². The number of carbonyl (C=O) groups excluding carboxylic acids is 2. The van der Waals surface area contributed by atoms with Crippen LogP contribution in [0.25, 0.3) is 0 Å². The van der Waals surface area contributed by atoms with Gasteiger partial charge in [-0.15, -0.1) is 0 Å². The third-order valence-electron chi connectivity index (χ3n) is 3.03. The Morgan fingerprint density at radius 3 is 2.05 bits per heavy atom. The maximum Gasteiger partial charge on any atom is 0.332 e. The second kappa shape index (κ2) is 8.91. The van der Waals surface area contributed by atoms with Gasteiger partial charge in [-0.3, -0.25) is 4.79 Å². The first kappa shape index (κ1) is 17.9. The van der Waals surface area contributed by atoms with Crippen LogP contribution < -0.4 is 5.73 Å². The minimum atomic E-state index is -1.21. The van der Waals surface area contributed by atoms with Gasteiger partial charge in [-0.1, -0.05) is 27.7 Å². The van der Waals surface area contributed by atoms with Gasteiger partial charge in [0.2, 0.25) is 0 Å². The number of rotatable bonds is 8. The van der Waals surface area contributed by atoms with Crippen LogP contribution >= 0.6 is 0 Å². The molecule has 0 heterocycles. The Morgan fingerprint density at radius 1 is 1.16 bits per heavy atom. The lowest BCUT2D eigenvalue weighted by Gasteiger charge is -2.33. The number of amides is 1. The van der Waals surface area contributed by atoms with Crippen molar-refractivity contribution in [2.45, 2.75) is 59.5 Å². The predicted molar refractivity (Wildman–Crippen MR) is 75.5 cm³/mol. The molecule has 112 valence electrons. The minimum Gasteiger partial charge on any atom is -0.464 e. The molecule has 0 saturated carbocycles. The highest BCUT2D eigenvalue weighted by molar-refractivity contribution is 6.01. The van der Waals surface area contributed by atoms with E-state index in [1.165, 1.54) is 0 Å². The predicted octanol–water partition coefficient (Wildman–Crippen LogP) is 1.55. The quantitative estimate of drug-likeness (QED) is 0.537. The van der Waals surface area contributed by atoms with Crippen LogP contribution in [0.1, 0.15) is 47.5 Å². The Balaban J connectivity index is 4.93. The van der Waals surface area contributed by atoms with Gasteiger partial charge in [0.1, 0.15) is 0 Å². The van der Waals surface area contributed by atoms with Crippen LogP contribution in [-0.4, -0.2) is 42.0 Å². The van der Waals surface area contributed by atoms with Gasteiger partial charge in [-0.2, -0.15) is 0 Å². The normalized spacial score (nSPS) is 12.6. The summed E-state index contributed by atoms with van der Waals surface area (Å²) in [5.41, 5.74) is 5.70. The Morgan fingerprint density at radius 2 is 1.68 bits per heavy atom. The van der Waals surface area contributed by atoms with Crippen LogP contribution in [-0.2, 0) is 14.3 Å². The van der Waals surface area contributed by atoms with Crippen LogP contribution in [0.5, 0.6) is 0 Å². The van der Waals surface area contributed by atoms with E-state index in [1.54, 1.807) is 11.8 Å². The zero-order valence-corrected chi connectivity index (χ0v) is 12.8. The topological polar surface area (TPSA) is 72.6 Å². The standard InChI is InChI=1S/C14H28N2O3/c1-6-11(7-2)16(9-10(4)5)13(17)12(15)14(18)19-8-3/h10-12H,6-9,15H2,1-5H3. The van der Waals surface area contributed by atoms with Crippen molar-refractivity contribution >= 4 is 11.9 Å². The summed E-state index contributed by atoms with van der Waals surface area (Å²) < 4.78 is 4.82. The van der Waals surface area contributed by atoms with Gasteiger partial charge >= 0.3 is 5.97 Å². The van der Waals surface area contributed by atoms with E-state index in [2.05, 4.69) is 0 Å². The maximum atomic E-state index is 12.4. The molecule has 0 aliphatic heterocycles. The monoisotopic (exact) mass is 272 g/mol. The van der Waals surface area contributed by atoms with Crippen LogP contribution in [0.4, 0.5) is 0 Å². The highest BCUT2D eigenvalue weighted by atomic mass is 16.5. The fourth-order valence-electron chi connectivity index (χ4n) is 2.05. The van der Waals surface area contributed by atoms with Crippen LogP contribution in [0.2, 0.25) is 0 Å². The van der Waals surface area contributed by atoms with Crippen molar-refractivity contribution < 1.29 is 14.3 Å². The lowest BCUT2D eigenvalue weighted by atomic mass is 10.1. The number of carbonyl (C=O) groups is 2. The largest absolute Gasteiger partial charge is 0.464 e. The number of nitrogens with zero attached hydrogens (tertiary/aromatic N) is 1. The lowest BCUT2D eigenvalue weighted by Crippen LogP contribution is -2.53. The lowest BCUT2D eigenvalue weighted by molar-refractivity contribution is -0.152. The minimum absolute atomic E-state index is 0.121. The van der Waals surface area contributed by atoms with Crippen LogP contribution in [0, 0.1) is 5.92 Å². The van der Waals surface area contributed by atoms with Crippen molar-refractivity contribution in [3.63, 3.8) is 0 Å².